The number of benzene rings is 2. The van der Waals surface area contributed by atoms with E-state index >= 15 is 0 Å². The number of nitrogens with zero attached hydrogens (tertiary/aromatic N) is 2. The molecule has 0 bridgehead atoms. The summed E-state index contributed by atoms with van der Waals surface area (Å²) in [6, 6.07) is 10.0. The van der Waals surface area contributed by atoms with Crippen molar-refractivity contribution in [3.63, 3.8) is 0 Å². The zero-order valence-corrected chi connectivity index (χ0v) is 27.2. The maximum atomic E-state index is 14.0. The largest absolute Gasteiger partial charge is 0.464 e. The first-order valence-electron chi connectivity index (χ1n) is 13.4. The first-order chi connectivity index (χ1) is 19.7. The van der Waals surface area contributed by atoms with Gasteiger partial charge < -0.3 is 20.7 Å². The molecule has 2 amide bonds. The van der Waals surface area contributed by atoms with Gasteiger partial charge in [0.25, 0.3) is 0 Å². The monoisotopic (exact) mass is 664 g/mol. The van der Waals surface area contributed by atoms with E-state index in [2.05, 4.69) is 5.32 Å². The normalized spacial score (nSPS) is 12.8. The molecular weight excluding hydrogens is 626 g/mol. The third-order valence-electron chi connectivity index (χ3n) is 6.32. The van der Waals surface area contributed by atoms with Crippen LogP contribution in [0.1, 0.15) is 25.8 Å². The fraction of sp³-hybridized carbons (Fsp3) is 0.483. The quantitative estimate of drug-likeness (QED) is 0.188. The second-order valence-electron chi connectivity index (χ2n) is 9.31. The Kier molecular flexibility index (Phi) is 17.9. The van der Waals surface area contributed by atoms with Crippen LogP contribution in [0.5, 0.6) is 0 Å². The molecule has 234 valence electrons. The van der Waals surface area contributed by atoms with Gasteiger partial charge in [-0.1, -0.05) is 18.2 Å². The van der Waals surface area contributed by atoms with Crippen LogP contribution in [0.4, 0.5) is 15.8 Å². The molecule has 0 aliphatic heterocycles. The average Bonchev–Trinajstić information content (AvgIpc) is 2.96. The summed E-state index contributed by atoms with van der Waals surface area (Å²) in [7, 11) is 0. The van der Waals surface area contributed by atoms with Crippen LogP contribution in [0, 0.1) is 5.82 Å². The van der Waals surface area contributed by atoms with Gasteiger partial charge in [0.15, 0.2) is 0 Å². The highest BCUT2D eigenvalue weighted by molar-refractivity contribution is 7.98. The van der Waals surface area contributed by atoms with Crippen LogP contribution in [0.15, 0.2) is 48.5 Å². The van der Waals surface area contributed by atoms with Crippen LogP contribution in [-0.2, 0) is 25.5 Å². The molecular formula is C29H40Cl3FN4O4S. The average molecular weight is 666 g/mol. The second-order valence-corrected chi connectivity index (χ2v) is 11.1. The van der Waals surface area contributed by atoms with Gasteiger partial charge in [-0.05, 0) is 74.6 Å². The lowest BCUT2D eigenvalue weighted by molar-refractivity contribution is -0.146. The predicted octanol–water partition coefficient (Wildman–Crippen LogP) is 4.62. The molecule has 2 aromatic carbocycles. The van der Waals surface area contributed by atoms with E-state index in [4.69, 9.17) is 33.7 Å². The van der Waals surface area contributed by atoms with E-state index in [1.54, 1.807) is 55.9 Å². The van der Waals surface area contributed by atoms with E-state index in [0.717, 1.165) is 5.69 Å². The molecule has 13 heteroatoms. The minimum absolute atomic E-state index is 0. The Hall–Kier alpha value is -2.24. The van der Waals surface area contributed by atoms with Crippen molar-refractivity contribution < 1.29 is 23.5 Å². The third kappa shape index (κ3) is 11.4. The molecule has 3 N–H and O–H groups in total. The lowest BCUT2D eigenvalue weighted by Crippen LogP contribution is -2.56. The fourth-order valence-corrected chi connectivity index (χ4v) is 5.12. The maximum absolute atomic E-state index is 14.0. The van der Waals surface area contributed by atoms with Gasteiger partial charge in [-0.25, -0.2) is 9.18 Å². The minimum Gasteiger partial charge on any atom is -0.464 e. The number of alkyl halides is 2. The number of rotatable bonds is 17. The molecule has 0 radical (unpaired) electrons. The highest BCUT2D eigenvalue weighted by Gasteiger charge is 2.35. The lowest BCUT2D eigenvalue weighted by Gasteiger charge is -2.33. The summed E-state index contributed by atoms with van der Waals surface area (Å²) < 4.78 is 18.6. The minimum atomic E-state index is -1.02. The lowest BCUT2D eigenvalue weighted by atomic mass is 10.1. The third-order valence-corrected chi connectivity index (χ3v) is 7.30. The number of esters is 1. The number of nitrogens with one attached hydrogen (secondary N) is 1. The Balaban J connectivity index is 0.00000882. The molecule has 0 aliphatic carbocycles. The number of nitrogens with two attached hydrogens (primary N) is 1. The van der Waals surface area contributed by atoms with E-state index in [1.807, 2.05) is 17.2 Å². The first-order valence-corrected chi connectivity index (χ1v) is 15.9. The van der Waals surface area contributed by atoms with E-state index in [-0.39, 0.29) is 31.3 Å². The van der Waals surface area contributed by atoms with Crippen LogP contribution < -0.4 is 20.9 Å². The molecule has 0 saturated heterocycles. The molecule has 0 aliphatic rings. The van der Waals surface area contributed by atoms with Crippen molar-refractivity contribution in [1.82, 2.24) is 5.32 Å². The van der Waals surface area contributed by atoms with Gasteiger partial charge >= 0.3 is 5.97 Å². The second kappa shape index (κ2) is 19.9. The van der Waals surface area contributed by atoms with Gasteiger partial charge in [-0.15, -0.1) is 35.6 Å². The molecule has 42 heavy (non-hydrogen) atoms. The highest BCUT2D eigenvalue weighted by atomic mass is 35.5. The molecule has 2 aromatic rings. The Bertz CT molecular complexity index is 1130. The number of amides is 2. The molecule has 3 atom stereocenters. The van der Waals surface area contributed by atoms with Gasteiger partial charge in [0, 0.05) is 36.2 Å². The van der Waals surface area contributed by atoms with Crippen LogP contribution in [0.3, 0.4) is 0 Å². The number of ether oxygens (including phenoxy) is 1. The van der Waals surface area contributed by atoms with Crippen LogP contribution in [-0.4, -0.2) is 79.4 Å². The van der Waals surface area contributed by atoms with Crippen LogP contribution in [0.2, 0.25) is 0 Å². The Morgan fingerprint density at radius 2 is 1.69 bits per heavy atom. The van der Waals surface area contributed by atoms with Crippen molar-refractivity contribution in [2.75, 3.05) is 53.3 Å². The number of hydrogen-bond donors (Lipinski definition) is 2. The molecule has 0 spiro atoms. The topological polar surface area (TPSA) is 105 Å². The summed E-state index contributed by atoms with van der Waals surface area (Å²) in [6.07, 6.45) is 2.42. The fourth-order valence-electron chi connectivity index (χ4n) is 4.25. The van der Waals surface area contributed by atoms with Gasteiger partial charge in [0.2, 0.25) is 11.8 Å². The number of anilines is 2. The Labute approximate surface area is 268 Å². The summed E-state index contributed by atoms with van der Waals surface area (Å²) in [4.78, 5) is 43.5. The number of hydrogen-bond acceptors (Lipinski definition) is 7. The summed E-state index contributed by atoms with van der Waals surface area (Å²) >= 11 is 13.6. The maximum Gasteiger partial charge on any atom is 0.329 e. The molecule has 0 fully saturated rings. The van der Waals surface area contributed by atoms with E-state index in [0.29, 0.717) is 48.3 Å². The van der Waals surface area contributed by atoms with Crippen molar-refractivity contribution in [2.24, 2.45) is 5.73 Å². The number of thioether (sulfide) groups is 1. The molecule has 0 heterocycles. The van der Waals surface area contributed by atoms with E-state index in [1.165, 1.54) is 17.0 Å². The highest BCUT2D eigenvalue weighted by Crippen LogP contribution is 2.27. The van der Waals surface area contributed by atoms with Gasteiger partial charge in [-0.2, -0.15) is 11.8 Å². The summed E-state index contributed by atoms with van der Waals surface area (Å²) in [5.41, 5.74) is 8.05. The van der Waals surface area contributed by atoms with Crippen molar-refractivity contribution in [3.05, 3.63) is 59.9 Å². The Morgan fingerprint density at radius 3 is 2.26 bits per heavy atom. The molecule has 0 saturated carbocycles. The van der Waals surface area contributed by atoms with Gasteiger partial charge in [-0.3, -0.25) is 14.5 Å². The van der Waals surface area contributed by atoms with E-state index < -0.39 is 35.9 Å². The Morgan fingerprint density at radius 1 is 1.07 bits per heavy atom. The molecule has 8 nitrogen and oxygen atoms in total. The van der Waals surface area contributed by atoms with Crippen molar-refractivity contribution in [1.29, 1.82) is 0 Å². The number of carbonyl (C=O) groups excluding carboxylic acids is 3. The first kappa shape index (κ1) is 37.8. The molecule has 0 aromatic heterocycles. The zero-order valence-electron chi connectivity index (χ0n) is 24.1. The smallest absolute Gasteiger partial charge is 0.329 e. The summed E-state index contributed by atoms with van der Waals surface area (Å²) in [5, 5.41) is 2.69. The zero-order chi connectivity index (χ0) is 30.4. The van der Waals surface area contributed by atoms with E-state index in [9.17, 15) is 18.8 Å². The number of carbonyl (C=O) groups is 3. The summed E-state index contributed by atoms with van der Waals surface area (Å²) in [6.45, 7) is 4.49. The van der Waals surface area contributed by atoms with Crippen molar-refractivity contribution in [2.45, 2.75) is 44.8 Å². The predicted molar refractivity (Wildman–Crippen MR) is 174 cm³/mol. The number of halogens is 4. The molecule has 0 unspecified atom stereocenters. The SMILES string of the molecule is CCOC(=O)[C@H](CCSC)N(C(=O)[C@H](C)NC(=O)[C@@H](N)Cc1ccc(F)cc1)c1cccc(N(CCCl)CCCl)c1.Cl. The van der Waals surface area contributed by atoms with Crippen LogP contribution in [0.25, 0.3) is 0 Å². The van der Waals surface area contributed by atoms with Crippen molar-refractivity contribution >= 4 is 76.5 Å². The van der Waals surface area contributed by atoms with Crippen LogP contribution >= 0.6 is 47.4 Å². The van der Waals surface area contributed by atoms with Gasteiger partial charge in [0.05, 0.1) is 12.6 Å². The van der Waals surface area contributed by atoms with Gasteiger partial charge in [0.1, 0.15) is 17.9 Å². The van der Waals surface area contributed by atoms with Crippen molar-refractivity contribution in [3.8, 4) is 0 Å². The standard InChI is InChI=1S/C29H39Cl2FN4O4S.ClH/c1-4-40-29(39)26(12-17-41-3)36(24-7-5-6-23(19-24)35(15-13-30)16-14-31)28(38)20(2)34-27(37)25(33)18-21-8-10-22(32)11-9-21;/h5-11,19-20,25-26H,4,12-18,33H2,1-3H3,(H,34,37);1H/t20-,25-,26-;/m0./s1. The molecule has 2 rings (SSSR count). The summed E-state index contributed by atoms with van der Waals surface area (Å²) in [5.74, 6) is -0.609.